The van der Waals surface area contributed by atoms with Gasteiger partial charge in [-0.3, -0.25) is 10.1 Å². The zero-order valence-corrected chi connectivity index (χ0v) is 12.7. The van der Waals surface area contributed by atoms with Gasteiger partial charge in [0.1, 0.15) is 0 Å². The maximum absolute atomic E-state index is 11.1. The number of aromatic nitrogens is 1. The van der Waals surface area contributed by atoms with E-state index in [2.05, 4.69) is 13.8 Å². The van der Waals surface area contributed by atoms with Crippen molar-refractivity contribution in [2.45, 2.75) is 26.4 Å². The van der Waals surface area contributed by atoms with Gasteiger partial charge in [0.05, 0.1) is 17.0 Å². The Balaban J connectivity index is 2.26. The van der Waals surface area contributed by atoms with Crippen LogP contribution in [0.5, 0.6) is 0 Å². The molecule has 2 rings (SSSR count). The summed E-state index contributed by atoms with van der Waals surface area (Å²) >= 11 is 5.93. The van der Waals surface area contributed by atoms with Crippen LogP contribution in [0, 0.1) is 16.0 Å². The molecule has 1 aromatic heterocycles. The van der Waals surface area contributed by atoms with Gasteiger partial charge in [0.2, 0.25) is 0 Å². The molecule has 0 aliphatic carbocycles. The Morgan fingerprint density at radius 1 is 1.38 bits per heavy atom. The molecule has 0 aliphatic heterocycles. The summed E-state index contributed by atoms with van der Waals surface area (Å²) < 4.78 is 1.89. The predicted octanol–water partition coefficient (Wildman–Crippen LogP) is 3.75. The molecule has 0 aliphatic rings. The number of nitrogens with zero attached hydrogens (tertiary/aromatic N) is 2. The van der Waals surface area contributed by atoms with Crippen LogP contribution >= 0.6 is 11.6 Å². The Bertz CT molecular complexity index is 652. The van der Waals surface area contributed by atoms with Crippen molar-refractivity contribution < 1.29 is 4.92 Å². The van der Waals surface area contributed by atoms with Crippen LogP contribution in [0.1, 0.15) is 31.0 Å². The standard InChI is InChI=1S/C15H18ClN3O2/c1-10(2)15(17)11-5-6-18(8-11)9-12-7-13(16)3-4-14(12)19(20)21/h3-8,10,15H,9,17H2,1-2H3. The van der Waals surface area contributed by atoms with Crippen molar-refractivity contribution in [2.24, 2.45) is 11.7 Å². The molecule has 5 nitrogen and oxygen atoms in total. The Morgan fingerprint density at radius 3 is 2.71 bits per heavy atom. The first-order valence-electron chi connectivity index (χ1n) is 6.72. The maximum atomic E-state index is 11.1. The zero-order valence-electron chi connectivity index (χ0n) is 12.0. The molecule has 0 bridgehead atoms. The highest BCUT2D eigenvalue weighted by Gasteiger charge is 2.16. The molecular weight excluding hydrogens is 290 g/mol. The molecule has 1 aromatic carbocycles. The van der Waals surface area contributed by atoms with Crippen molar-refractivity contribution in [3.05, 3.63) is 62.9 Å². The van der Waals surface area contributed by atoms with Gasteiger partial charge in [-0.05, 0) is 29.7 Å². The predicted molar refractivity (Wildman–Crippen MR) is 83.4 cm³/mol. The first-order valence-corrected chi connectivity index (χ1v) is 7.10. The van der Waals surface area contributed by atoms with Gasteiger partial charge in [-0.15, -0.1) is 0 Å². The van der Waals surface area contributed by atoms with Crippen molar-refractivity contribution in [1.82, 2.24) is 4.57 Å². The molecule has 0 saturated carbocycles. The topological polar surface area (TPSA) is 74.1 Å². The van der Waals surface area contributed by atoms with Crippen molar-refractivity contribution in [1.29, 1.82) is 0 Å². The molecule has 1 atom stereocenters. The summed E-state index contributed by atoms with van der Waals surface area (Å²) in [6, 6.07) is 6.49. The number of nitrogens with two attached hydrogens (primary N) is 1. The number of nitro groups is 1. The van der Waals surface area contributed by atoms with Gasteiger partial charge in [0, 0.05) is 29.5 Å². The van der Waals surface area contributed by atoms with Gasteiger partial charge < -0.3 is 10.3 Å². The van der Waals surface area contributed by atoms with Gasteiger partial charge in [-0.1, -0.05) is 25.4 Å². The Morgan fingerprint density at radius 2 is 2.10 bits per heavy atom. The Labute approximate surface area is 128 Å². The van der Waals surface area contributed by atoms with Crippen LogP contribution in [0.25, 0.3) is 0 Å². The van der Waals surface area contributed by atoms with E-state index in [-0.39, 0.29) is 11.7 Å². The quantitative estimate of drug-likeness (QED) is 0.675. The summed E-state index contributed by atoms with van der Waals surface area (Å²) in [6.45, 7) is 4.51. The Hall–Kier alpha value is -1.85. The van der Waals surface area contributed by atoms with Crippen LogP contribution in [-0.4, -0.2) is 9.49 Å². The first kappa shape index (κ1) is 15.5. The van der Waals surface area contributed by atoms with E-state index in [1.165, 1.54) is 12.1 Å². The minimum absolute atomic E-state index is 0.0411. The van der Waals surface area contributed by atoms with Crippen molar-refractivity contribution in [2.75, 3.05) is 0 Å². The van der Waals surface area contributed by atoms with E-state index in [9.17, 15) is 10.1 Å². The molecule has 6 heteroatoms. The van der Waals surface area contributed by atoms with Crippen LogP contribution in [0.2, 0.25) is 5.02 Å². The third-order valence-corrected chi connectivity index (χ3v) is 3.70. The second kappa shape index (κ2) is 6.28. The van der Waals surface area contributed by atoms with Crippen LogP contribution < -0.4 is 5.73 Å². The van der Waals surface area contributed by atoms with E-state index in [1.54, 1.807) is 6.07 Å². The highest BCUT2D eigenvalue weighted by Crippen LogP contribution is 2.25. The number of rotatable bonds is 5. The summed E-state index contributed by atoms with van der Waals surface area (Å²) in [7, 11) is 0. The first-order chi connectivity index (χ1) is 9.88. The van der Waals surface area contributed by atoms with E-state index in [4.69, 9.17) is 17.3 Å². The monoisotopic (exact) mass is 307 g/mol. The van der Waals surface area contributed by atoms with E-state index in [0.29, 0.717) is 23.0 Å². The maximum Gasteiger partial charge on any atom is 0.274 e. The lowest BCUT2D eigenvalue weighted by molar-refractivity contribution is -0.385. The fourth-order valence-electron chi connectivity index (χ4n) is 2.20. The van der Waals surface area contributed by atoms with E-state index >= 15 is 0 Å². The molecule has 112 valence electrons. The van der Waals surface area contributed by atoms with E-state index in [1.807, 2.05) is 23.0 Å². The molecule has 0 saturated heterocycles. The second-order valence-electron chi connectivity index (χ2n) is 5.42. The minimum atomic E-state index is -0.393. The molecule has 21 heavy (non-hydrogen) atoms. The average Bonchev–Trinajstić information content (AvgIpc) is 2.85. The summed E-state index contributed by atoms with van der Waals surface area (Å²) in [4.78, 5) is 10.7. The smallest absolute Gasteiger partial charge is 0.274 e. The number of hydrogen-bond donors (Lipinski definition) is 1. The van der Waals surface area contributed by atoms with Crippen LogP contribution in [0.3, 0.4) is 0 Å². The lowest BCUT2D eigenvalue weighted by atomic mass is 10.00. The second-order valence-corrected chi connectivity index (χ2v) is 5.85. The van der Waals surface area contributed by atoms with Gasteiger partial charge in [-0.25, -0.2) is 0 Å². The summed E-state index contributed by atoms with van der Waals surface area (Å²) in [5, 5.41) is 11.5. The number of benzene rings is 1. The summed E-state index contributed by atoms with van der Waals surface area (Å²) in [6.07, 6.45) is 3.80. The van der Waals surface area contributed by atoms with E-state index in [0.717, 1.165) is 5.56 Å². The lowest BCUT2D eigenvalue weighted by Crippen LogP contribution is -2.16. The molecular formula is C15H18ClN3O2. The molecule has 1 heterocycles. The average molecular weight is 308 g/mol. The van der Waals surface area contributed by atoms with Crippen LogP contribution in [0.15, 0.2) is 36.7 Å². The summed E-state index contributed by atoms with van der Waals surface area (Å²) in [5.41, 5.74) is 7.78. The summed E-state index contributed by atoms with van der Waals surface area (Å²) in [5.74, 6) is 0.335. The molecule has 0 amide bonds. The highest BCUT2D eigenvalue weighted by atomic mass is 35.5. The molecule has 2 N–H and O–H groups in total. The third-order valence-electron chi connectivity index (χ3n) is 3.47. The van der Waals surface area contributed by atoms with Crippen molar-refractivity contribution in [3.8, 4) is 0 Å². The number of nitro benzene ring substituents is 1. The minimum Gasteiger partial charge on any atom is -0.349 e. The normalized spacial score (nSPS) is 12.6. The molecule has 0 radical (unpaired) electrons. The van der Waals surface area contributed by atoms with Crippen molar-refractivity contribution in [3.63, 3.8) is 0 Å². The van der Waals surface area contributed by atoms with Gasteiger partial charge in [0.25, 0.3) is 5.69 Å². The van der Waals surface area contributed by atoms with Crippen LogP contribution in [0.4, 0.5) is 5.69 Å². The van der Waals surface area contributed by atoms with E-state index < -0.39 is 4.92 Å². The molecule has 0 fully saturated rings. The fourth-order valence-corrected chi connectivity index (χ4v) is 2.39. The fraction of sp³-hybridized carbons (Fsp3) is 0.333. The lowest BCUT2D eigenvalue weighted by Gasteiger charge is -2.13. The largest absolute Gasteiger partial charge is 0.349 e. The highest BCUT2D eigenvalue weighted by molar-refractivity contribution is 6.30. The molecule has 0 spiro atoms. The van der Waals surface area contributed by atoms with Gasteiger partial charge in [0.15, 0.2) is 0 Å². The molecule has 1 unspecified atom stereocenters. The van der Waals surface area contributed by atoms with Crippen molar-refractivity contribution >= 4 is 17.3 Å². The van der Waals surface area contributed by atoms with Crippen LogP contribution in [-0.2, 0) is 6.54 Å². The van der Waals surface area contributed by atoms with Gasteiger partial charge >= 0.3 is 0 Å². The third kappa shape index (κ3) is 3.62. The SMILES string of the molecule is CC(C)C(N)c1ccn(Cc2cc(Cl)ccc2[N+](=O)[O-])c1. The molecule has 2 aromatic rings. The van der Waals surface area contributed by atoms with Gasteiger partial charge in [-0.2, -0.15) is 0 Å². The Kier molecular flexibility index (Phi) is 4.65. The number of hydrogen-bond acceptors (Lipinski definition) is 3. The number of halogens is 1. The zero-order chi connectivity index (χ0) is 15.6.